The van der Waals surface area contributed by atoms with Crippen LogP contribution in [-0.2, 0) is 10.0 Å². The minimum absolute atomic E-state index is 0.116. The average molecular weight is 406 g/mol. The molecule has 1 aromatic rings. The molecule has 0 aliphatic carbocycles. The maximum atomic E-state index is 12.0. The second-order valence-corrected chi connectivity index (χ2v) is 7.08. The van der Waals surface area contributed by atoms with Crippen LogP contribution in [0.3, 0.4) is 0 Å². The molecule has 3 nitrogen and oxygen atoms in total. The summed E-state index contributed by atoms with van der Waals surface area (Å²) in [6, 6.07) is 4.41. The zero-order valence-electron chi connectivity index (χ0n) is 9.08. The van der Waals surface area contributed by atoms with E-state index in [1.54, 1.807) is 6.07 Å². The van der Waals surface area contributed by atoms with Crippen molar-refractivity contribution in [1.82, 2.24) is 4.72 Å². The van der Waals surface area contributed by atoms with Gasteiger partial charge in [-0.3, -0.25) is 0 Å². The van der Waals surface area contributed by atoms with Crippen LogP contribution in [0.25, 0.3) is 0 Å². The third kappa shape index (κ3) is 4.21. The molecule has 7 heteroatoms. The van der Waals surface area contributed by atoms with Crippen molar-refractivity contribution in [3.05, 3.63) is 27.7 Å². The Bertz CT molecular complexity index is 489. The van der Waals surface area contributed by atoms with Crippen LogP contribution in [0.2, 0.25) is 5.02 Å². The number of hydrogen-bond donors (Lipinski definition) is 1. The highest BCUT2D eigenvalue weighted by Gasteiger charge is 2.19. The lowest BCUT2D eigenvalue weighted by Crippen LogP contribution is -2.35. The van der Waals surface area contributed by atoms with Gasteiger partial charge in [0.1, 0.15) is 0 Å². The van der Waals surface area contributed by atoms with Crippen molar-refractivity contribution in [3.63, 3.8) is 0 Å². The van der Waals surface area contributed by atoms with Gasteiger partial charge in [-0.05, 0) is 40.5 Å². The zero-order valence-corrected chi connectivity index (χ0v) is 13.8. The molecule has 1 unspecified atom stereocenters. The van der Waals surface area contributed by atoms with E-state index in [0.29, 0.717) is 14.8 Å². The fourth-order valence-electron chi connectivity index (χ4n) is 1.16. The monoisotopic (exact) mass is 403 g/mol. The molecule has 0 bridgehead atoms. The Balaban J connectivity index is 3.01. The van der Waals surface area contributed by atoms with Crippen molar-refractivity contribution < 1.29 is 8.42 Å². The molecule has 0 spiro atoms. The van der Waals surface area contributed by atoms with E-state index in [9.17, 15) is 8.42 Å². The smallest absolute Gasteiger partial charge is 0.207 e. The molecular weight excluding hydrogens is 393 g/mol. The highest BCUT2D eigenvalue weighted by molar-refractivity contribution is 9.10. The van der Waals surface area contributed by atoms with Crippen molar-refractivity contribution in [2.45, 2.75) is 24.3 Å². The third-order valence-corrected chi connectivity index (χ3v) is 5.72. The molecule has 96 valence electrons. The van der Waals surface area contributed by atoms with Crippen LogP contribution in [-0.4, -0.2) is 19.8 Å². The van der Waals surface area contributed by atoms with E-state index in [4.69, 9.17) is 11.6 Å². The van der Waals surface area contributed by atoms with E-state index in [-0.39, 0.29) is 10.9 Å². The van der Waals surface area contributed by atoms with Gasteiger partial charge in [0.25, 0.3) is 0 Å². The first-order chi connectivity index (χ1) is 7.90. The standard InChI is InChI=1S/C10H12Br2ClNO2S/c1-2-7(6-11)14-17(15,16)8-3-4-10(13)9(12)5-8/h3-5,7,14H,2,6H2,1H3. The Labute approximate surface area is 123 Å². The predicted molar refractivity (Wildman–Crippen MR) is 77.3 cm³/mol. The fourth-order valence-corrected chi connectivity index (χ4v) is 3.98. The molecule has 0 saturated carbocycles. The van der Waals surface area contributed by atoms with Gasteiger partial charge in [-0.2, -0.15) is 0 Å². The second kappa shape index (κ2) is 6.52. The van der Waals surface area contributed by atoms with Gasteiger partial charge in [-0.15, -0.1) is 0 Å². The van der Waals surface area contributed by atoms with E-state index >= 15 is 0 Å². The fraction of sp³-hybridized carbons (Fsp3) is 0.400. The Morgan fingerprint density at radius 2 is 2.12 bits per heavy atom. The molecule has 17 heavy (non-hydrogen) atoms. The Morgan fingerprint density at radius 3 is 2.59 bits per heavy atom. The van der Waals surface area contributed by atoms with Gasteiger partial charge in [-0.1, -0.05) is 34.5 Å². The van der Waals surface area contributed by atoms with Gasteiger partial charge in [0, 0.05) is 15.8 Å². The normalized spacial score (nSPS) is 13.6. The van der Waals surface area contributed by atoms with Crippen LogP contribution in [0.15, 0.2) is 27.6 Å². The van der Waals surface area contributed by atoms with E-state index < -0.39 is 10.0 Å². The van der Waals surface area contributed by atoms with E-state index in [0.717, 1.165) is 6.42 Å². The summed E-state index contributed by atoms with van der Waals surface area (Å²) in [5.41, 5.74) is 0. The molecule has 0 aliphatic heterocycles. The van der Waals surface area contributed by atoms with Gasteiger partial charge in [0.2, 0.25) is 10.0 Å². The first kappa shape index (κ1) is 15.4. The molecule has 0 amide bonds. The molecular formula is C10H12Br2ClNO2S. The molecule has 1 atom stereocenters. The molecule has 1 aromatic carbocycles. The number of rotatable bonds is 5. The van der Waals surface area contributed by atoms with Crippen molar-refractivity contribution in [1.29, 1.82) is 0 Å². The highest BCUT2D eigenvalue weighted by atomic mass is 79.9. The summed E-state index contributed by atoms with van der Waals surface area (Å²) >= 11 is 12.3. The molecule has 0 radical (unpaired) electrons. The summed E-state index contributed by atoms with van der Waals surface area (Å²) in [5, 5.41) is 1.06. The second-order valence-electron chi connectivity index (χ2n) is 3.46. The lowest BCUT2D eigenvalue weighted by atomic mass is 10.3. The molecule has 0 aromatic heterocycles. The SMILES string of the molecule is CCC(CBr)NS(=O)(=O)c1ccc(Cl)c(Br)c1. The van der Waals surface area contributed by atoms with Gasteiger partial charge in [-0.25, -0.2) is 13.1 Å². The van der Waals surface area contributed by atoms with Crippen molar-refractivity contribution in [2.75, 3.05) is 5.33 Å². The number of halogens is 3. The average Bonchev–Trinajstić information content (AvgIpc) is 2.29. The van der Waals surface area contributed by atoms with Crippen LogP contribution >= 0.6 is 43.5 Å². The third-order valence-electron chi connectivity index (χ3n) is 2.20. The Morgan fingerprint density at radius 1 is 1.47 bits per heavy atom. The van der Waals surface area contributed by atoms with E-state index in [1.165, 1.54) is 12.1 Å². The molecule has 0 aliphatic rings. The predicted octanol–water partition coefficient (Wildman–Crippen LogP) is 3.55. The van der Waals surface area contributed by atoms with Gasteiger partial charge < -0.3 is 0 Å². The highest BCUT2D eigenvalue weighted by Crippen LogP contribution is 2.25. The minimum Gasteiger partial charge on any atom is -0.207 e. The number of sulfonamides is 1. The van der Waals surface area contributed by atoms with Crippen LogP contribution in [0.4, 0.5) is 0 Å². The summed E-state index contributed by atoms with van der Waals surface area (Å²) in [5.74, 6) is 0. The van der Waals surface area contributed by atoms with Crippen molar-refractivity contribution in [3.8, 4) is 0 Å². The maximum Gasteiger partial charge on any atom is 0.240 e. The molecule has 1 rings (SSSR count). The molecule has 0 heterocycles. The number of benzene rings is 1. The van der Waals surface area contributed by atoms with E-state index in [1.807, 2.05) is 6.92 Å². The topological polar surface area (TPSA) is 46.2 Å². The van der Waals surface area contributed by atoms with E-state index in [2.05, 4.69) is 36.6 Å². The summed E-state index contributed by atoms with van der Waals surface area (Å²) in [4.78, 5) is 0.202. The summed E-state index contributed by atoms with van der Waals surface area (Å²) in [6.07, 6.45) is 0.721. The zero-order chi connectivity index (χ0) is 13.1. The Kier molecular flexibility index (Phi) is 5.92. The number of nitrogens with one attached hydrogen (secondary N) is 1. The summed E-state index contributed by atoms with van der Waals surface area (Å²) in [6.45, 7) is 1.92. The van der Waals surface area contributed by atoms with Crippen LogP contribution in [0.1, 0.15) is 13.3 Å². The number of hydrogen-bond acceptors (Lipinski definition) is 2. The molecule has 0 saturated heterocycles. The quantitative estimate of drug-likeness (QED) is 0.762. The largest absolute Gasteiger partial charge is 0.240 e. The van der Waals surface area contributed by atoms with Crippen molar-refractivity contribution >= 4 is 53.5 Å². The first-order valence-corrected chi connectivity index (χ1v) is 8.71. The van der Waals surface area contributed by atoms with Gasteiger partial charge in [0.05, 0.1) is 9.92 Å². The van der Waals surface area contributed by atoms with Gasteiger partial charge >= 0.3 is 0 Å². The molecule has 1 N–H and O–H groups in total. The minimum atomic E-state index is -3.49. The van der Waals surface area contributed by atoms with Crippen LogP contribution < -0.4 is 4.72 Å². The van der Waals surface area contributed by atoms with Gasteiger partial charge in [0.15, 0.2) is 0 Å². The molecule has 0 fully saturated rings. The first-order valence-electron chi connectivity index (χ1n) is 4.94. The summed E-state index contributed by atoms with van der Waals surface area (Å²) in [7, 11) is -3.49. The van der Waals surface area contributed by atoms with Crippen LogP contribution in [0.5, 0.6) is 0 Å². The van der Waals surface area contributed by atoms with Crippen LogP contribution in [0, 0.1) is 0 Å². The lowest BCUT2D eigenvalue weighted by Gasteiger charge is -2.14. The summed E-state index contributed by atoms with van der Waals surface area (Å²) < 4.78 is 27.2. The maximum absolute atomic E-state index is 12.0. The Hall–Kier alpha value is 0.380. The lowest BCUT2D eigenvalue weighted by molar-refractivity contribution is 0.559. The number of alkyl halides is 1. The van der Waals surface area contributed by atoms with Crippen molar-refractivity contribution in [2.24, 2.45) is 0 Å².